The SMILES string of the molecule is Cc1noc(C)c1-c1ccc2c(-c3nc(N[C@H]4CCCN(C(=O)O)C4)ncc3C(F)(F)F)nn(C3CCCCO3)c2n1. The zero-order valence-electron chi connectivity index (χ0n) is 23.0. The molecule has 42 heavy (non-hydrogen) atoms. The number of hydrogen-bond donors (Lipinski definition) is 2. The molecule has 0 aliphatic carbocycles. The van der Waals surface area contributed by atoms with Gasteiger partial charge in [-0.3, -0.25) is 0 Å². The van der Waals surface area contributed by atoms with E-state index in [0.29, 0.717) is 66.2 Å². The number of nitrogens with zero attached hydrogens (tertiary/aromatic N) is 7. The van der Waals surface area contributed by atoms with Crippen LogP contribution in [0.5, 0.6) is 0 Å². The fraction of sp³-hybridized carbons (Fsp3) is 0.481. The Hall–Kier alpha value is -4.27. The van der Waals surface area contributed by atoms with Gasteiger partial charge in [0.15, 0.2) is 11.9 Å². The van der Waals surface area contributed by atoms with Crippen LogP contribution in [0.4, 0.5) is 23.9 Å². The fourth-order valence-electron chi connectivity index (χ4n) is 5.59. The number of amides is 1. The highest BCUT2D eigenvalue weighted by Crippen LogP contribution is 2.40. The number of likely N-dealkylation sites (tertiary alicyclic amines) is 1. The van der Waals surface area contributed by atoms with Crippen molar-refractivity contribution in [2.75, 3.05) is 25.0 Å². The van der Waals surface area contributed by atoms with Crippen molar-refractivity contribution in [2.45, 2.75) is 64.4 Å². The maximum absolute atomic E-state index is 14.3. The highest BCUT2D eigenvalue weighted by molar-refractivity contribution is 5.92. The summed E-state index contributed by atoms with van der Waals surface area (Å²) in [6.07, 6.45) is -2.01. The normalized spacial score (nSPS) is 19.8. The molecule has 12 nitrogen and oxygen atoms in total. The topological polar surface area (TPSA) is 144 Å². The average molecular weight is 587 g/mol. The first-order chi connectivity index (χ1) is 20.1. The van der Waals surface area contributed by atoms with Crippen LogP contribution in [0.25, 0.3) is 33.7 Å². The molecular weight excluding hydrogens is 557 g/mol. The summed E-state index contributed by atoms with van der Waals surface area (Å²) in [5, 5.41) is 21.4. The number of pyridine rings is 1. The molecule has 2 aliphatic rings. The van der Waals surface area contributed by atoms with Gasteiger partial charge in [0.05, 0.1) is 17.0 Å². The first-order valence-corrected chi connectivity index (χ1v) is 13.7. The van der Waals surface area contributed by atoms with Gasteiger partial charge in [0, 0.05) is 37.3 Å². The molecule has 2 fully saturated rings. The van der Waals surface area contributed by atoms with Crippen molar-refractivity contribution in [1.82, 2.24) is 34.8 Å². The van der Waals surface area contributed by atoms with Crippen molar-refractivity contribution in [3.63, 3.8) is 0 Å². The number of halogens is 3. The second kappa shape index (κ2) is 10.9. The molecule has 0 saturated carbocycles. The predicted molar refractivity (Wildman–Crippen MR) is 144 cm³/mol. The van der Waals surface area contributed by atoms with Crippen LogP contribution in [0.1, 0.15) is 55.3 Å². The van der Waals surface area contributed by atoms with Gasteiger partial charge in [-0.1, -0.05) is 5.16 Å². The Balaban J connectivity index is 1.48. The number of hydrogen-bond acceptors (Lipinski definition) is 9. The van der Waals surface area contributed by atoms with Gasteiger partial charge < -0.3 is 24.6 Å². The van der Waals surface area contributed by atoms with E-state index in [4.69, 9.17) is 14.2 Å². The zero-order chi connectivity index (χ0) is 29.6. The maximum Gasteiger partial charge on any atom is 0.420 e. The Morgan fingerprint density at radius 2 is 1.95 bits per heavy atom. The van der Waals surface area contributed by atoms with Crippen molar-refractivity contribution >= 4 is 23.1 Å². The predicted octanol–water partition coefficient (Wildman–Crippen LogP) is 5.43. The molecule has 2 saturated heterocycles. The van der Waals surface area contributed by atoms with Gasteiger partial charge in [0.2, 0.25) is 5.95 Å². The number of anilines is 1. The molecule has 0 spiro atoms. The molecule has 6 rings (SSSR count). The average Bonchev–Trinajstić information content (AvgIpc) is 3.51. The third-order valence-electron chi connectivity index (χ3n) is 7.62. The van der Waals surface area contributed by atoms with E-state index >= 15 is 0 Å². The lowest BCUT2D eigenvalue weighted by Gasteiger charge is -2.31. The van der Waals surface area contributed by atoms with E-state index in [1.807, 2.05) is 0 Å². The minimum absolute atomic E-state index is 0.00873. The molecule has 2 atom stereocenters. The van der Waals surface area contributed by atoms with E-state index in [1.54, 1.807) is 26.0 Å². The number of ether oxygens (including phenoxy) is 1. The molecule has 6 heterocycles. The Kier molecular flexibility index (Phi) is 7.20. The van der Waals surface area contributed by atoms with Gasteiger partial charge in [-0.15, -0.1) is 0 Å². The molecule has 15 heteroatoms. The van der Waals surface area contributed by atoms with Crippen molar-refractivity contribution < 1.29 is 32.3 Å². The summed E-state index contributed by atoms with van der Waals surface area (Å²) in [4.78, 5) is 25.8. The Morgan fingerprint density at radius 1 is 1.12 bits per heavy atom. The van der Waals surface area contributed by atoms with E-state index in [-0.39, 0.29) is 24.2 Å². The Labute approximate surface area is 237 Å². The van der Waals surface area contributed by atoms with Crippen LogP contribution in [-0.4, -0.2) is 71.7 Å². The number of carboxylic acid groups (broad SMARTS) is 1. The number of fused-ring (bicyclic) bond motifs is 1. The molecule has 1 unspecified atom stereocenters. The van der Waals surface area contributed by atoms with E-state index in [9.17, 15) is 23.1 Å². The lowest BCUT2D eigenvalue weighted by atomic mass is 10.1. The molecule has 2 aliphatic heterocycles. The monoisotopic (exact) mass is 586 g/mol. The van der Waals surface area contributed by atoms with Crippen LogP contribution in [0.3, 0.4) is 0 Å². The number of carbonyl (C=O) groups is 1. The number of alkyl halides is 3. The minimum atomic E-state index is -4.76. The first-order valence-electron chi connectivity index (χ1n) is 13.7. The quantitative estimate of drug-likeness (QED) is 0.310. The molecule has 0 aromatic carbocycles. The van der Waals surface area contributed by atoms with Crippen LogP contribution in [-0.2, 0) is 10.9 Å². The smallest absolute Gasteiger partial charge is 0.420 e. The fourth-order valence-corrected chi connectivity index (χ4v) is 5.59. The van der Waals surface area contributed by atoms with Crippen molar-refractivity contribution in [2.24, 2.45) is 0 Å². The number of piperidine rings is 1. The number of rotatable bonds is 5. The van der Waals surface area contributed by atoms with Gasteiger partial charge in [0.1, 0.15) is 22.7 Å². The van der Waals surface area contributed by atoms with E-state index in [0.717, 1.165) is 19.0 Å². The summed E-state index contributed by atoms with van der Waals surface area (Å²) in [7, 11) is 0. The van der Waals surface area contributed by atoms with Crippen molar-refractivity contribution in [3.8, 4) is 22.6 Å². The Bertz CT molecular complexity index is 1610. The molecular formula is C27H29F3N8O4. The van der Waals surface area contributed by atoms with Crippen LogP contribution in [0, 0.1) is 13.8 Å². The minimum Gasteiger partial charge on any atom is -0.465 e. The summed E-state index contributed by atoms with van der Waals surface area (Å²) in [6, 6.07) is 3.01. The van der Waals surface area contributed by atoms with Gasteiger partial charge in [-0.05, 0) is 58.1 Å². The summed E-state index contributed by atoms with van der Waals surface area (Å²) in [6.45, 7) is 4.61. The van der Waals surface area contributed by atoms with Crippen LogP contribution in [0.15, 0.2) is 22.9 Å². The van der Waals surface area contributed by atoms with Gasteiger partial charge in [0.25, 0.3) is 0 Å². The van der Waals surface area contributed by atoms with Gasteiger partial charge >= 0.3 is 12.3 Å². The number of aromatic nitrogens is 6. The number of nitrogens with one attached hydrogen (secondary N) is 1. The van der Waals surface area contributed by atoms with Crippen LogP contribution in [0.2, 0.25) is 0 Å². The van der Waals surface area contributed by atoms with E-state index in [1.165, 1.54) is 9.58 Å². The lowest BCUT2D eigenvalue weighted by molar-refractivity contribution is -0.137. The molecule has 2 N–H and O–H groups in total. The first kappa shape index (κ1) is 27.9. The van der Waals surface area contributed by atoms with Crippen molar-refractivity contribution in [1.29, 1.82) is 0 Å². The molecule has 4 aromatic rings. The van der Waals surface area contributed by atoms with Crippen molar-refractivity contribution in [3.05, 3.63) is 35.3 Å². The number of aryl methyl sites for hydroxylation is 2. The standard InChI is InChI=1S/C27H29F3N8O4/c1-14-21(15(2)42-36-14)19-9-8-17-22(35-38(24(17)33-19)20-7-3-4-11-41-20)23-18(27(28,29)30)12-31-25(34-23)32-16-6-5-10-37(13-16)26(39)40/h8-9,12,16,20H,3-7,10-11,13H2,1-2H3,(H,39,40)(H,31,32,34)/t16-,20?/m0/s1. The highest BCUT2D eigenvalue weighted by Gasteiger charge is 2.38. The third kappa shape index (κ3) is 5.24. The van der Waals surface area contributed by atoms with Gasteiger partial charge in [-0.2, -0.15) is 18.3 Å². The third-order valence-corrected chi connectivity index (χ3v) is 7.62. The molecule has 1 amide bonds. The van der Waals surface area contributed by atoms with Gasteiger partial charge in [-0.25, -0.2) is 24.4 Å². The lowest BCUT2D eigenvalue weighted by Crippen LogP contribution is -2.44. The van der Waals surface area contributed by atoms with E-state index < -0.39 is 29.8 Å². The zero-order valence-corrected chi connectivity index (χ0v) is 23.0. The van der Waals surface area contributed by atoms with Crippen LogP contribution < -0.4 is 5.32 Å². The maximum atomic E-state index is 14.3. The summed E-state index contributed by atoms with van der Waals surface area (Å²) in [5.74, 6) is 0.516. The second-order valence-electron chi connectivity index (χ2n) is 10.5. The molecule has 0 radical (unpaired) electrons. The molecule has 222 valence electrons. The molecule has 0 bridgehead atoms. The second-order valence-corrected chi connectivity index (χ2v) is 10.5. The van der Waals surface area contributed by atoms with E-state index in [2.05, 4.69) is 25.5 Å². The molecule has 4 aromatic heterocycles. The summed E-state index contributed by atoms with van der Waals surface area (Å²) < 4.78 is 55.7. The summed E-state index contributed by atoms with van der Waals surface area (Å²) >= 11 is 0. The summed E-state index contributed by atoms with van der Waals surface area (Å²) in [5.41, 5.74) is 0.763. The highest BCUT2D eigenvalue weighted by atomic mass is 19.4. The Morgan fingerprint density at radius 3 is 2.64 bits per heavy atom. The van der Waals surface area contributed by atoms with Crippen LogP contribution >= 0.6 is 0 Å². The largest absolute Gasteiger partial charge is 0.465 e.